The smallest absolute Gasteiger partial charge is 0.365 e. The van der Waals surface area contributed by atoms with Crippen molar-refractivity contribution in [3.63, 3.8) is 0 Å². The molecule has 0 spiro atoms. The number of nitrogens with one attached hydrogen (secondary N) is 1. The summed E-state index contributed by atoms with van der Waals surface area (Å²) in [6, 6.07) is 9.79. The number of esters is 1. The minimum absolute atomic E-state index is 0.0442. The van der Waals surface area contributed by atoms with E-state index in [1.165, 1.54) is 42.5 Å². The summed E-state index contributed by atoms with van der Waals surface area (Å²) in [5.41, 5.74) is -3.78. The van der Waals surface area contributed by atoms with Gasteiger partial charge < -0.3 is 19.9 Å². The first kappa shape index (κ1) is 21.4. The van der Waals surface area contributed by atoms with E-state index < -0.39 is 34.9 Å². The molecule has 0 unspecified atom stereocenters. The predicted octanol–water partition coefficient (Wildman–Crippen LogP) is 3.63. The van der Waals surface area contributed by atoms with Crippen LogP contribution in [0.15, 0.2) is 42.5 Å². The molecule has 0 amide bonds. The fourth-order valence-electron chi connectivity index (χ4n) is 3.11. The number of hydrogen-bond acceptors (Lipinski definition) is 5. The van der Waals surface area contributed by atoms with Crippen molar-refractivity contribution in [2.24, 2.45) is 0 Å². The third-order valence-electron chi connectivity index (χ3n) is 4.35. The minimum Gasteiger partial charge on any atom is -0.478 e. The quantitative estimate of drug-likeness (QED) is 0.297. The number of aliphatic carboxylic acids is 2. The number of carbonyl (C=O) groups excluding carboxylic acids is 2. The van der Waals surface area contributed by atoms with Crippen molar-refractivity contribution in [3.05, 3.63) is 69.3 Å². The Morgan fingerprint density at radius 3 is 2.03 bits per heavy atom. The zero-order valence-corrected chi connectivity index (χ0v) is 16.7. The molecule has 10 heteroatoms. The second kappa shape index (κ2) is 7.81. The summed E-state index contributed by atoms with van der Waals surface area (Å²) < 4.78 is 4.83. The average molecular weight is 450 g/mol. The summed E-state index contributed by atoms with van der Waals surface area (Å²) >= 11 is 11.8. The van der Waals surface area contributed by atoms with Crippen LogP contribution in [0.4, 0.5) is 0 Å². The Kier molecular flexibility index (Phi) is 5.56. The standard InChI is InChI=1S/C20H13Cl2NO7/c1-9(24)30-20(18(26)27,19(28)29)15-13-7-6-12(22)8-14(13)23-16(15)17(25)10-2-4-11(21)5-3-10/h2-8,23H,1H3,(H,26,27)(H,28,29). The maximum absolute atomic E-state index is 13.2. The average Bonchev–Trinajstić information content (AvgIpc) is 3.04. The Labute approximate surface area is 179 Å². The lowest BCUT2D eigenvalue weighted by Crippen LogP contribution is -2.48. The van der Waals surface area contributed by atoms with Crippen LogP contribution in [0.1, 0.15) is 28.5 Å². The minimum atomic E-state index is -3.17. The van der Waals surface area contributed by atoms with Crippen molar-refractivity contribution < 1.29 is 34.1 Å². The Bertz CT molecular complexity index is 1180. The van der Waals surface area contributed by atoms with E-state index in [2.05, 4.69) is 4.98 Å². The molecule has 154 valence electrons. The van der Waals surface area contributed by atoms with Gasteiger partial charge in [-0.25, -0.2) is 9.59 Å². The molecule has 30 heavy (non-hydrogen) atoms. The van der Waals surface area contributed by atoms with E-state index in [1.807, 2.05) is 0 Å². The monoisotopic (exact) mass is 449 g/mol. The van der Waals surface area contributed by atoms with E-state index in [9.17, 15) is 29.4 Å². The van der Waals surface area contributed by atoms with Crippen LogP contribution < -0.4 is 0 Å². The summed E-state index contributed by atoms with van der Waals surface area (Å²) in [6.45, 7) is 0.868. The Hall–Kier alpha value is -3.36. The lowest BCUT2D eigenvalue weighted by molar-refractivity contribution is -0.191. The third-order valence-corrected chi connectivity index (χ3v) is 4.83. The molecule has 3 rings (SSSR count). The number of carbonyl (C=O) groups is 4. The second-order valence-electron chi connectivity index (χ2n) is 6.29. The van der Waals surface area contributed by atoms with Gasteiger partial charge in [-0.2, -0.15) is 0 Å². The van der Waals surface area contributed by atoms with E-state index in [0.717, 1.165) is 6.92 Å². The highest BCUT2D eigenvalue weighted by atomic mass is 35.5. The number of ketones is 1. The zero-order chi connectivity index (χ0) is 22.2. The summed E-state index contributed by atoms with van der Waals surface area (Å²) in [6.07, 6.45) is 0. The second-order valence-corrected chi connectivity index (χ2v) is 7.16. The van der Waals surface area contributed by atoms with Crippen LogP contribution in [0.5, 0.6) is 0 Å². The first-order chi connectivity index (χ1) is 14.1. The highest BCUT2D eigenvalue weighted by molar-refractivity contribution is 6.31. The SMILES string of the molecule is CC(=O)OC(C(=O)O)(C(=O)O)c1c(C(=O)c2ccc(Cl)cc2)[nH]c2cc(Cl)ccc12. The molecule has 0 aliphatic heterocycles. The number of hydrogen-bond donors (Lipinski definition) is 3. The largest absolute Gasteiger partial charge is 0.478 e. The zero-order valence-electron chi connectivity index (χ0n) is 15.2. The molecule has 0 aliphatic carbocycles. The number of rotatable bonds is 6. The predicted molar refractivity (Wildman–Crippen MR) is 107 cm³/mol. The maximum Gasteiger partial charge on any atom is 0.365 e. The Morgan fingerprint density at radius 2 is 1.50 bits per heavy atom. The van der Waals surface area contributed by atoms with Gasteiger partial charge in [-0.05, 0) is 36.4 Å². The molecule has 0 aliphatic rings. The first-order valence-corrected chi connectivity index (χ1v) is 9.12. The number of aromatic nitrogens is 1. The summed E-state index contributed by atoms with van der Waals surface area (Å²) in [5, 5.41) is 20.3. The number of carboxylic acid groups (broad SMARTS) is 2. The molecule has 2 aromatic carbocycles. The fraction of sp³-hybridized carbons (Fsp3) is 0.100. The van der Waals surface area contributed by atoms with Crippen molar-refractivity contribution in [1.82, 2.24) is 4.98 Å². The van der Waals surface area contributed by atoms with Gasteiger partial charge in [-0.3, -0.25) is 9.59 Å². The highest BCUT2D eigenvalue weighted by Crippen LogP contribution is 2.38. The topological polar surface area (TPSA) is 134 Å². The van der Waals surface area contributed by atoms with Crippen molar-refractivity contribution >= 4 is 57.8 Å². The lowest BCUT2D eigenvalue weighted by atomic mass is 9.88. The molecule has 0 radical (unpaired) electrons. The van der Waals surface area contributed by atoms with Gasteiger partial charge in [0.25, 0.3) is 0 Å². The molecule has 0 bridgehead atoms. The van der Waals surface area contributed by atoms with Gasteiger partial charge in [0.05, 0.1) is 11.3 Å². The van der Waals surface area contributed by atoms with E-state index in [4.69, 9.17) is 27.9 Å². The van der Waals surface area contributed by atoms with Crippen molar-refractivity contribution in [3.8, 4) is 0 Å². The Balaban J connectivity index is 2.41. The molecule has 8 nitrogen and oxygen atoms in total. The van der Waals surface area contributed by atoms with Gasteiger partial charge in [0.15, 0.2) is 0 Å². The molecular weight excluding hydrogens is 437 g/mol. The lowest BCUT2D eigenvalue weighted by Gasteiger charge is -2.25. The molecular formula is C20H13Cl2NO7. The highest BCUT2D eigenvalue weighted by Gasteiger charge is 2.56. The normalized spacial score (nSPS) is 11.3. The van der Waals surface area contributed by atoms with E-state index in [1.54, 1.807) is 0 Å². The number of ether oxygens (including phenoxy) is 1. The van der Waals surface area contributed by atoms with Gasteiger partial charge in [-0.1, -0.05) is 29.3 Å². The third kappa shape index (κ3) is 3.51. The number of H-pyrrole nitrogens is 1. The number of benzene rings is 2. The molecule has 0 fully saturated rings. The van der Waals surface area contributed by atoms with Gasteiger partial charge in [0, 0.05) is 33.4 Å². The molecule has 3 N–H and O–H groups in total. The van der Waals surface area contributed by atoms with Crippen LogP contribution >= 0.6 is 23.2 Å². The van der Waals surface area contributed by atoms with E-state index >= 15 is 0 Å². The van der Waals surface area contributed by atoms with Crippen molar-refractivity contribution in [2.45, 2.75) is 12.5 Å². The number of halogens is 2. The van der Waals surface area contributed by atoms with Crippen LogP contribution in [-0.4, -0.2) is 38.9 Å². The molecule has 1 aromatic heterocycles. The Morgan fingerprint density at radius 1 is 0.933 bits per heavy atom. The number of carboxylic acids is 2. The van der Waals surface area contributed by atoms with Crippen molar-refractivity contribution in [2.75, 3.05) is 0 Å². The van der Waals surface area contributed by atoms with Gasteiger partial charge >= 0.3 is 23.5 Å². The van der Waals surface area contributed by atoms with E-state index in [0.29, 0.717) is 5.02 Å². The molecule has 0 saturated heterocycles. The van der Waals surface area contributed by atoms with Crippen molar-refractivity contribution in [1.29, 1.82) is 0 Å². The van der Waals surface area contributed by atoms with Crippen LogP contribution in [-0.2, 0) is 24.7 Å². The van der Waals surface area contributed by atoms with Gasteiger partial charge in [0.1, 0.15) is 0 Å². The van der Waals surface area contributed by atoms with E-state index in [-0.39, 0.29) is 27.2 Å². The summed E-state index contributed by atoms with van der Waals surface area (Å²) in [5.74, 6) is -5.85. The molecule has 0 saturated carbocycles. The van der Waals surface area contributed by atoms with Crippen LogP contribution in [0.25, 0.3) is 10.9 Å². The number of fused-ring (bicyclic) bond motifs is 1. The summed E-state index contributed by atoms with van der Waals surface area (Å²) in [4.78, 5) is 51.8. The number of aromatic amines is 1. The molecule has 3 aromatic rings. The van der Waals surface area contributed by atoms with Crippen LogP contribution in [0, 0.1) is 0 Å². The maximum atomic E-state index is 13.2. The molecule has 1 heterocycles. The summed E-state index contributed by atoms with van der Waals surface area (Å²) in [7, 11) is 0. The van der Waals surface area contributed by atoms with Crippen LogP contribution in [0.2, 0.25) is 10.0 Å². The first-order valence-electron chi connectivity index (χ1n) is 8.36. The van der Waals surface area contributed by atoms with Gasteiger partial charge in [-0.15, -0.1) is 0 Å². The molecule has 0 atom stereocenters. The fourth-order valence-corrected chi connectivity index (χ4v) is 3.41. The van der Waals surface area contributed by atoms with Gasteiger partial charge in [0.2, 0.25) is 5.78 Å². The van der Waals surface area contributed by atoms with Crippen LogP contribution in [0.3, 0.4) is 0 Å².